The molecule has 1 aliphatic carbocycles. The van der Waals surface area contributed by atoms with Gasteiger partial charge in [-0.2, -0.15) is 0 Å². The summed E-state index contributed by atoms with van der Waals surface area (Å²) in [5.41, 5.74) is 2.30. The molecule has 1 aliphatic rings. The maximum absolute atomic E-state index is 8.85. The van der Waals surface area contributed by atoms with E-state index < -0.39 is 0 Å². The van der Waals surface area contributed by atoms with Crippen molar-refractivity contribution in [1.82, 2.24) is 4.90 Å². The minimum absolute atomic E-state index is 0.0787. The topological polar surface area (TPSA) is 23.5 Å². The van der Waals surface area contributed by atoms with Crippen molar-refractivity contribution in [2.75, 3.05) is 13.7 Å². The second-order valence-electron chi connectivity index (χ2n) is 5.95. The molecule has 20 heavy (non-hydrogen) atoms. The summed E-state index contributed by atoms with van der Waals surface area (Å²) in [4.78, 5) is 2.46. The van der Waals surface area contributed by atoms with Crippen LogP contribution in [0, 0.1) is 17.8 Å². The Morgan fingerprint density at radius 2 is 1.90 bits per heavy atom. The second kappa shape index (κ2) is 7.47. The molecule has 0 amide bonds. The first-order valence-electron chi connectivity index (χ1n) is 7.58. The molecule has 0 radical (unpaired) electrons. The van der Waals surface area contributed by atoms with Gasteiger partial charge in [-0.25, -0.2) is 0 Å². The van der Waals surface area contributed by atoms with E-state index in [-0.39, 0.29) is 6.61 Å². The van der Waals surface area contributed by atoms with Crippen LogP contribution in [-0.4, -0.2) is 29.7 Å². The minimum atomic E-state index is -0.0787. The van der Waals surface area contributed by atoms with Crippen LogP contribution in [-0.2, 0) is 6.54 Å². The molecular weight excluding hydrogens is 246 g/mol. The Labute approximate surface area is 122 Å². The first kappa shape index (κ1) is 15.1. The van der Waals surface area contributed by atoms with E-state index in [1.165, 1.54) is 31.2 Å². The van der Waals surface area contributed by atoms with Gasteiger partial charge in [0, 0.05) is 18.2 Å². The fraction of sp³-hybridized carbons (Fsp3) is 0.556. The van der Waals surface area contributed by atoms with Gasteiger partial charge in [-0.3, -0.25) is 4.90 Å². The fourth-order valence-corrected chi connectivity index (χ4v) is 3.00. The lowest BCUT2D eigenvalue weighted by molar-refractivity contribution is 0.164. The molecule has 0 spiro atoms. The van der Waals surface area contributed by atoms with Crippen LogP contribution in [0.2, 0.25) is 0 Å². The summed E-state index contributed by atoms with van der Waals surface area (Å²) < 4.78 is 0. The summed E-state index contributed by atoms with van der Waals surface area (Å²) in [5, 5.41) is 8.85. The van der Waals surface area contributed by atoms with Gasteiger partial charge in [0.1, 0.15) is 6.61 Å². The first-order chi connectivity index (χ1) is 9.70. The number of hydrogen-bond acceptors (Lipinski definition) is 2. The monoisotopic (exact) mass is 271 g/mol. The summed E-state index contributed by atoms with van der Waals surface area (Å²) in [7, 11) is 2.22. The molecule has 0 heterocycles. The molecule has 2 nitrogen and oxygen atoms in total. The van der Waals surface area contributed by atoms with Gasteiger partial charge in [-0.1, -0.05) is 37.0 Å². The Hall–Kier alpha value is -1.30. The molecule has 0 saturated heterocycles. The molecular formula is C18H25NO. The van der Waals surface area contributed by atoms with Crippen molar-refractivity contribution in [3.8, 4) is 11.8 Å². The summed E-state index contributed by atoms with van der Waals surface area (Å²) in [6, 6.07) is 8.95. The number of benzene rings is 1. The number of aliphatic hydroxyl groups excluding tert-OH is 1. The van der Waals surface area contributed by atoms with Gasteiger partial charge in [0.25, 0.3) is 0 Å². The zero-order valence-corrected chi connectivity index (χ0v) is 12.6. The quantitative estimate of drug-likeness (QED) is 0.854. The van der Waals surface area contributed by atoms with E-state index in [0.717, 1.165) is 18.0 Å². The zero-order chi connectivity index (χ0) is 14.4. The molecule has 108 valence electrons. The molecule has 2 rings (SSSR count). The Morgan fingerprint density at radius 3 is 2.60 bits per heavy atom. The van der Waals surface area contributed by atoms with E-state index >= 15 is 0 Å². The highest BCUT2D eigenvalue weighted by Crippen LogP contribution is 2.27. The number of rotatable bonds is 3. The molecule has 0 aliphatic heterocycles. The zero-order valence-electron chi connectivity index (χ0n) is 12.6. The fourth-order valence-electron chi connectivity index (χ4n) is 3.00. The van der Waals surface area contributed by atoms with Crippen LogP contribution in [0.25, 0.3) is 0 Å². The molecule has 0 unspecified atom stereocenters. The second-order valence-corrected chi connectivity index (χ2v) is 5.95. The van der Waals surface area contributed by atoms with Gasteiger partial charge in [-0.15, -0.1) is 0 Å². The largest absolute Gasteiger partial charge is 0.384 e. The summed E-state index contributed by atoms with van der Waals surface area (Å²) in [5.74, 6) is 6.69. The molecule has 1 fully saturated rings. The van der Waals surface area contributed by atoms with Crippen molar-refractivity contribution in [1.29, 1.82) is 0 Å². The number of aliphatic hydroxyl groups is 1. The molecule has 0 aromatic heterocycles. The molecule has 0 atom stereocenters. The predicted molar refractivity (Wildman–Crippen MR) is 83.3 cm³/mol. The van der Waals surface area contributed by atoms with Crippen molar-refractivity contribution in [3.63, 3.8) is 0 Å². The normalized spacial score (nSPS) is 22.4. The Morgan fingerprint density at radius 1 is 1.20 bits per heavy atom. The molecule has 1 saturated carbocycles. The van der Waals surface area contributed by atoms with Crippen molar-refractivity contribution in [2.24, 2.45) is 5.92 Å². The average molecular weight is 271 g/mol. The van der Waals surface area contributed by atoms with E-state index in [1.54, 1.807) is 0 Å². The lowest BCUT2D eigenvalue weighted by atomic mass is 9.86. The van der Waals surface area contributed by atoms with Crippen LogP contribution < -0.4 is 0 Å². The standard InChI is InChI=1S/C18H25NO/c1-15-9-11-18(12-10-15)19(2)14-17-7-4-3-6-16(17)8-5-13-20/h3-4,6-7,15,18,20H,9-14H2,1-2H3. The van der Waals surface area contributed by atoms with Crippen LogP contribution in [0.1, 0.15) is 43.7 Å². The smallest absolute Gasteiger partial charge is 0.104 e. The van der Waals surface area contributed by atoms with Crippen molar-refractivity contribution in [2.45, 2.75) is 45.2 Å². The highest BCUT2D eigenvalue weighted by molar-refractivity contribution is 5.41. The van der Waals surface area contributed by atoms with Crippen LogP contribution in [0.3, 0.4) is 0 Å². The van der Waals surface area contributed by atoms with E-state index in [1.807, 2.05) is 12.1 Å². The van der Waals surface area contributed by atoms with Gasteiger partial charge in [-0.05, 0) is 50.3 Å². The Bertz CT molecular complexity index is 478. The van der Waals surface area contributed by atoms with Crippen LogP contribution in [0.5, 0.6) is 0 Å². The van der Waals surface area contributed by atoms with E-state index in [4.69, 9.17) is 5.11 Å². The van der Waals surface area contributed by atoms with Crippen LogP contribution in [0.4, 0.5) is 0 Å². The molecule has 1 aromatic carbocycles. The summed E-state index contributed by atoms with van der Waals surface area (Å²) in [6.45, 7) is 3.22. The minimum Gasteiger partial charge on any atom is -0.384 e. The van der Waals surface area contributed by atoms with Gasteiger partial charge in [0.2, 0.25) is 0 Å². The van der Waals surface area contributed by atoms with Crippen molar-refractivity contribution in [3.05, 3.63) is 35.4 Å². The lowest BCUT2D eigenvalue weighted by Crippen LogP contribution is -2.34. The van der Waals surface area contributed by atoms with Gasteiger partial charge in [0.15, 0.2) is 0 Å². The molecule has 1 N–H and O–H groups in total. The predicted octanol–water partition coefficient (Wildman–Crippen LogP) is 3.04. The number of hydrogen-bond donors (Lipinski definition) is 1. The highest BCUT2D eigenvalue weighted by atomic mass is 16.2. The molecule has 2 heteroatoms. The molecule has 1 aromatic rings. The maximum atomic E-state index is 8.85. The average Bonchev–Trinajstić information content (AvgIpc) is 2.47. The van der Waals surface area contributed by atoms with Crippen LogP contribution >= 0.6 is 0 Å². The van der Waals surface area contributed by atoms with Crippen molar-refractivity contribution < 1.29 is 5.11 Å². The maximum Gasteiger partial charge on any atom is 0.104 e. The van der Waals surface area contributed by atoms with E-state index in [9.17, 15) is 0 Å². The van der Waals surface area contributed by atoms with Gasteiger partial charge < -0.3 is 5.11 Å². The third-order valence-electron chi connectivity index (χ3n) is 4.35. The Kier molecular flexibility index (Phi) is 5.64. The van der Waals surface area contributed by atoms with Gasteiger partial charge in [0.05, 0.1) is 0 Å². The van der Waals surface area contributed by atoms with Crippen molar-refractivity contribution >= 4 is 0 Å². The van der Waals surface area contributed by atoms with E-state index in [2.05, 4.69) is 42.8 Å². The third-order valence-corrected chi connectivity index (χ3v) is 4.35. The number of nitrogens with zero attached hydrogens (tertiary/aromatic N) is 1. The summed E-state index contributed by atoms with van der Waals surface area (Å²) in [6.07, 6.45) is 5.31. The summed E-state index contributed by atoms with van der Waals surface area (Å²) >= 11 is 0. The van der Waals surface area contributed by atoms with Crippen LogP contribution in [0.15, 0.2) is 24.3 Å². The first-order valence-corrected chi connectivity index (χ1v) is 7.58. The highest BCUT2D eigenvalue weighted by Gasteiger charge is 2.21. The molecule has 0 bridgehead atoms. The van der Waals surface area contributed by atoms with Gasteiger partial charge >= 0.3 is 0 Å². The lowest BCUT2D eigenvalue weighted by Gasteiger charge is -2.33. The third kappa shape index (κ3) is 4.10. The Balaban J connectivity index is 2.02. The SMILES string of the molecule is CC1CCC(N(C)Cc2ccccc2C#CCO)CC1. The van der Waals surface area contributed by atoms with E-state index in [0.29, 0.717) is 6.04 Å².